The molecular weight excluding hydrogens is 234 g/mol. The molecular formula is C14H20F2N2. The van der Waals surface area contributed by atoms with E-state index in [4.69, 9.17) is 0 Å². The molecule has 2 N–H and O–H groups in total. The number of hydrogen-bond donors (Lipinski definition) is 2. The van der Waals surface area contributed by atoms with Crippen molar-refractivity contribution in [2.75, 3.05) is 11.9 Å². The van der Waals surface area contributed by atoms with Gasteiger partial charge in [-0.2, -0.15) is 0 Å². The van der Waals surface area contributed by atoms with Crippen LogP contribution < -0.4 is 10.6 Å². The first-order valence-electron chi connectivity index (χ1n) is 6.60. The van der Waals surface area contributed by atoms with Crippen molar-refractivity contribution in [3.8, 4) is 0 Å². The molecule has 1 fully saturated rings. The summed E-state index contributed by atoms with van der Waals surface area (Å²) in [5.41, 5.74) is -0.0131. The van der Waals surface area contributed by atoms with E-state index >= 15 is 0 Å². The predicted octanol–water partition coefficient (Wildman–Crippen LogP) is 3.30. The van der Waals surface area contributed by atoms with Gasteiger partial charge in [-0.25, -0.2) is 8.78 Å². The molecule has 0 bridgehead atoms. The van der Waals surface area contributed by atoms with Crippen LogP contribution in [0.1, 0.15) is 32.6 Å². The second kappa shape index (κ2) is 6.14. The van der Waals surface area contributed by atoms with E-state index in [9.17, 15) is 8.78 Å². The summed E-state index contributed by atoms with van der Waals surface area (Å²) < 4.78 is 26.9. The van der Waals surface area contributed by atoms with Gasteiger partial charge < -0.3 is 10.6 Å². The summed E-state index contributed by atoms with van der Waals surface area (Å²) >= 11 is 0. The average molecular weight is 254 g/mol. The lowest BCUT2D eigenvalue weighted by Gasteiger charge is -2.27. The van der Waals surface area contributed by atoms with Crippen molar-refractivity contribution >= 4 is 5.69 Å². The molecule has 0 aromatic heterocycles. The fourth-order valence-corrected chi connectivity index (χ4v) is 2.49. The van der Waals surface area contributed by atoms with Gasteiger partial charge in [-0.3, -0.25) is 0 Å². The van der Waals surface area contributed by atoms with Crippen LogP contribution in [0, 0.1) is 11.6 Å². The van der Waals surface area contributed by atoms with Crippen molar-refractivity contribution < 1.29 is 8.78 Å². The van der Waals surface area contributed by atoms with Gasteiger partial charge >= 0.3 is 0 Å². The van der Waals surface area contributed by atoms with Crippen LogP contribution in [0.15, 0.2) is 18.2 Å². The molecule has 0 spiro atoms. The van der Waals surface area contributed by atoms with Crippen LogP contribution in [-0.4, -0.2) is 18.6 Å². The Kier molecular flexibility index (Phi) is 4.53. The van der Waals surface area contributed by atoms with Crippen molar-refractivity contribution in [2.45, 2.75) is 44.7 Å². The van der Waals surface area contributed by atoms with E-state index in [0.717, 1.165) is 19.4 Å². The van der Waals surface area contributed by atoms with E-state index in [-0.39, 0.29) is 11.7 Å². The predicted molar refractivity (Wildman–Crippen MR) is 69.7 cm³/mol. The lowest BCUT2D eigenvalue weighted by atomic mass is 9.98. The van der Waals surface area contributed by atoms with Crippen molar-refractivity contribution in [3.63, 3.8) is 0 Å². The molecule has 1 saturated heterocycles. The number of rotatable bonds is 4. The summed E-state index contributed by atoms with van der Waals surface area (Å²) in [6, 6.07) is 4.43. The molecule has 1 aromatic carbocycles. The topological polar surface area (TPSA) is 24.1 Å². The molecule has 1 heterocycles. The second-order valence-corrected chi connectivity index (χ2v) is 5.02. The number of halogens is 2. The average Bonchev–Trinajstić information content (AvgIpc) is 2.35. The van der Waals surface area contributed by atoms with Gasteiger partial charge in [-0.05, 0) is 44.9 Å². The number of benzene rings is 1. The van der Waals surface area contributed by atoms with Crippen LogP contribution in [0.25, 0.3) is 0 Å². The SMILES string of the molecule is CC(CC1CCCCN1)Nc1c(F)cccc1F. The first-order valence-corrected chi connectivity index (χ1v) is 6.60. The molecule has 1 aliphatic heterocycles. The summed E-state index contributed by atoms with van der Waals surface area (Å²) in [7, 11) is 0. The van der Waals surface area contributed by atoms with E-state index < -0.39 is 11.6 Å². The summed E-state index contributed by atoms with van der Waals surface area (Å²) in [6.07, 6.45) is 4.48. The molecule has 4 heteroatoms. The maximum Gasteiger partial charge on any atom is 0.149 e. The van der Waals surface area contributed by atoms with Gasteiger partial charge in [0.05, 0.1) is 0 Å². The molecule has 2 atom stereocenters. The molecule has 18 heavy (non-hydrogen) atoms. The number of nitrogens with one attached hydrogen (secondary N) is 2. The molecule has 0 saturated carbocycles. The summed E-state index contributed by atoms with van der Waals surface area (Å²) in [6.45, 7) is 3.01. The zero-order valence-electron chi connectivity index (χ0n) is 10.7. The van der Waals surface area contributed by atoms with Gasteiger partial charge in [0, 0.05) is 12.1 Å². The Labute approximate surface area is 107 Å². The van der Waals surface area contributed by atoms with E-state index in [0.29, 0.717) is 6.04 Å². The van der Waals surface area contributed by atoms with Crippen molar-refractivity contribution in [1.29, 1.82) is 0 Å². The lowest BCUT2D eigenvalue weighted by molar-refractivity contribution is 0.370. The Morgan fingerprint density at radius 3 is 2.67 bits per heavy atom. The highest BCUT2D eigenvalue weighted by Crippen LogP contribution is 2.21. The monoisotopic (exact) mass is 254 g/mol. The van der Waals surface area contributed by atoms with Crippen LogP contribution in [0.5, 0.6) is 0 Å². The second-order valence-electron chi connectivity index (χ2n) is 5.02. The molecule has 1 aromatic rings. The van der Waals surface area contributed by atoms with Crippen LogP contribution in [0.2, 0.25) is 0 Å². The Morgan fingerprint density at radius 2 is 2.06 bits per heavy atom. The highest BCUT2D eigenvalue weighted by atomic mass is 19.1. The van der Waals surface area contributed by atoms with Crippen molar-refractivity contribution in [1.82, 2.24) is 5.32 Å². The van der Waals surface area contributed by atoms with Crippen LogP contribution in [0.3, 0.4) is 0 Å². The number of para-hydroxylation sites is 1. The van der Waals surface area contributed by atoms with E-state index in [1.807, 2.05) is 6.92 Å². The molecule has 100 valence electrons. The molecule has 0 radical (unpaired) electrons. The number of anilines is 1. The van der Waals surface area contributed by atoms with Gasteiger partial charge in [0.15, 0.2) is 0 Å². The Balaban J connectivity index is 1.92. The first kappa shape index (κ1) is 13.3. The normalized spacial score (nSPS) is 21.6. The zero-order valence-corrected chi connectivity index (χ0v) is 10.7. The van der Waals surface area contributed by atoms with Gasteiger partial charge in [0.1, 0.15) is 17.3 Å². The zero-order chi connectivity index (χ0) is 13.0. The Hall–Kier alpha value is -1.16. The smallest absolute Gasteiger partial charge is 0.149 e. The van der Waals surface area contributed by atoms with Gasteiger partial charge in [0.25, 0.3) is 0 Å². The minimum atomic E-state index is -0.529. The molecule has 2 rings (SSSR count). The maximum atomic E-state index is 13.5. The molecule has 2 unspecified atom stereocenters. The van der Waals surface area contributed by atoms with Crippen LogP contribution in [-0.2, 0) is 0 Å². The highest BCUT2D eigenvalue weighted by molar-refractivity contribution is 5.46. The third kappa shape index (κ3) is 3.42. The standard InChI is InChI=1S/C14H20F2N2/c1-10(9-11-5-2-3-8-17-11)18-14-12(15)6-4-7-13(14)16/h4,6-7,10-11,17-18H,2-3,5,8-9H2,1H3. The quantitative estimate of drug-likeness (QED) is 0.861. The number of hydrogen-bond acceptors (Lipinski definition) is 2. The summed E-state index contributed by atoms with van der Waals surface area (Å²) in [4.78, 5) is 0. The molecule has 1 aliphatic rings. The van der Waals surface area contributed by atoms with E-state index in [2.05, 4.69) is 10.6 Å². The van der Waals surface area contributed by atoms with Crippen molar-refractivity contribution in [3.05, 3.63) is 29.8 Å². The van der Waals surface area contributed by atoms with Gasteiger partial charge in [-0.1, -0.05) is 12.5 Å². The van der Waals surface area contributed by atoms with E-state index in [1.165, 1.54) is 31.0 Å². The van der Waals surface area contributed by atoms with Crippen LogP contribution in [0.4, 0.5) is 14.5 Å². The minimum Gasteiger partial charge on any atom is -0.378 e. The Bertz CT molecular complexity index is 369. The fraction of sp³-hybridized carbons (Fsp3) is 0.571. The summed E-state index contributed by atoms with van der Waals surface area (Å²) in [5, 5.41) is 6.37. The van der Waals surface area contributed by atoms with Gasteiger partial charge in [0.2, 0.25) is 0 Å². The van der Waals surface area contributed by atoms with E-state index in [1.54, 1.807) is 0 Å². The largest absolute Gasteiger partial charge is 0.378 e. The molecule has 0 amide bonds. The molecule has 0 aliphatic carbocycles. The highest BCUT2D eigenvalue weighted by Gasteiger charge is 2.17. The molecule has 2 nitrogen and oxygen atoms in total. The Morgan fingerprint density at radius 1 is 1.33 bits per heavy atom. The third-order valence-corrected chi connectivity index (χ3v) is 3.40. The first-order chi connectivity index (χ1) is 8.66. The number of piperidine rings is 1. The summed E-state index contributed by atoms with van der Waals surface area (Å²) in [5.74, 6) is -1.06. The van der Waals surface area contributed by atoms with Gasteiger partial charge in [-0.15, -0.1) is 0 Å². The third-order valence-electron chi connectivity index (χ3n) is 3.40. The van der Waals surface area contributed by atoms with Crippen LogP contribution >= 0.6 is 0 Å². The maximum absolute atomic E-state index is 13.5. The lowest BCUT2D eigenvalue weighted by Crippen LogP contribution is -2.37. The van der Waals surface area contributed by atoms with Crippen molar-refractivity contribution in [2.24, 2.45) is 0 Å². The fourth-order valence-electron chi connectivity index (χ4n) is 2.49. The minimum absolute atomic E-state index is 0.0131.